The molecule has 0 saturated heterocycles. The second kappa shape index (κ2) is 7.46. The molecule has 0 saturated carbocycles. The molecule has 3 rings (SSSR count). The van der Waals surface area contributed by atoms with Gasteiger partial charge in [-0.3, -0.25) is 9.59 Å². The Morgan fingerprint density at radius 1 is 1.12 bits per heavy atom. The monoisotopic (exact) mass is 376 g/mol. The first kappa shape index (κ1) is 17.8. The second-order valence-electron chi connectivity index (χ2n) is 6.10. The van der Waals surface area contributed by atoms with E-state index in [9.17, 15) is 9.59 Å². The molecule has 0 aliphatic carbocycles. The van der Waals surface area contributed by atoms with Crippen molar-refractivity contribution >= 4 is 35.0 Å². The highest BCUT2D eigenvalue weighted by Crippen LogP contribution is 2.22. The van der Waals surface area contributed by atoms with E-state index in [1.54, 1.807) is 24.0 Å². The average molecular weight is 377 g/mol. The zero-order valence-corrected chi connectivity index (χ0v) is 15.3. The summed E-state index contributed by atoms with van der Waals surface area (Å²) in [5, 5.41) is 3.44. The van der Waals surface area contributed by atoms with Crippen molar-refractivity contribution in [2.45, 2.75) is 25.9 Å². The summed E-state index contributed by atoms with van der Waals surface area (Å²) in [6, 6.07) is 12.1. The molecule has 25 heavy (non-hydrogen) atoms. The number of halogens is 2. The molecular formula is C19H18Cl2N2O2. The van der Waals surface area contributed by atoms with Crippen molar-refractivity contribution in [3.8, 4) is 0 Å². The van der Waals surface area contributed by atoms with Gasteiger partial charge in [0.2, 0.25) is 5.91 Å². The molecule has 0 spiro atoms. The molecule has 1 heterocycles. The lowest BCUT2D eigenvalue weighted by Crippen LogP contribution is -2.48. The maximum absolute atomic E-state index is 12.7. The van der Waals surface area contributed by atoms with Gasteiger partial charge in [0.15, 0.2) is 0 Å². The number of nitrogens with zero attached hydrogens (tertiary/aromatic N) is 1. The number of benzene rings is 2. The molecule has 1 N–H and O–H groups in total. The van der Waals surface area contributed by atoms with Crippen molar-refractivity contribution in [3.05, 3.63) is 69.2 Å². The number of rotatable bonds is 3. The number of carbonyl (C=O) groups excluding carboxylic acids is 2. The summed E-state index contributed by atoms with van der Waals surface area (Å²) in [6.45, 7) is 2.90. The zero-order chi connectivity index (χ0) is 18.0. The maximum Gasteiger partial charge on any atom is 0.253 e. The van der Waals surface area contributed by atoms with Crippen LogP contribution in [0.1, 0.15) is 28.4 Å². The zero-order valence-electron chi connectivity index (χ0n) is 13.8. The molecule has 6 heteroatoms. The van der Waals surface area contributed by atoms with E-state index < -0.39 is 6.04 Å². The molecule has 2 amide bonds. The number of fused-ring (bicyclic) bond motifs is 1. The van der Waals surface area contributed by atoms with Gasteiger partial charge in [-0.1, -0.05) is 47.5 Å². The maximum atomic E-state index is 12.7. The fourth-order valence-electron chi connectivity index (χ4n) is 2.97. The third-order valence-electron chi connectivity index (χ3n) is 4.34. The molecule has 0 fully saturated rings. The predicted molar refractivity (Wildman–Crippen MR) is 99.0 cm³/mol. The van der Waals surface area contributed by atoms with Gasteiger partial charge in [0.05, 0.1) is 10.6 Å². The Kier molecular flexibility index (Phi) is 5.30. The highest BCUT2D eigenvalue weighted by molar-refractivity contribution is 6.36. The first-order valence-electron chi connectivity index (χ1n) is 8.07. The minimum atomic E-state index is -0.635. The summed E-state index contributed by atoms with van der Waals surface area (Å²) in [5.41, 5.74) is 2.73. The molecule has 1 aliphatic heterocycles. The van der Waals surface area contributed by atoms with Crippen molar-refractivity contribution < 1.29 is 9.59 Å². The Bertz CT molecular complexity index is 823. The summed E-state index contributed by atoms with van der Waals surface area (Å²) in [7, 11) is 0. The second-order valence-corrected chi connectivity index (χ2v) is 6.94. The van der Waals surface area contributed by atoms with Crippen molar-refractivity contribution in [2.75, 3.05) is 6.54 Å². The molecule has 4 nitrogen and oxygen atoms in total. The van der Waals surface area contributed by atoms with Crippen LogP contribution in [0.5, 0.6) is 0 Å². The van der Waals surface area contributed by atoms with Crippen LogP contribution in [0.3, 0.4) is 0 Å². The average Bonchev–Trinajstić information content (AvgIpc) is 2.60. The summed E-state index contributed by atoms with van der Waals surface area (Å²) >= 11 is 11.9. The van der Waals surface area contributed by atoms with Crippen molar-refractivity contribution in [3.63, 3.8) is 0 Å². The number of hydrogen-bond donors (Lipinski definition) is 1. The standard InChI is InChI=1S/C19H18Cl2N2O2/c1-12(22-18(24)16-7-6-15(20)10-17(16)21)19(25)23-9-8-13-4-2-3-5-14(13)11-23/h2-7,10,12H,8-9,11H2,1H3,(H,22,24)/t12-/m1/s1. The van der Waals surface area contributed by atoms with Crippen LogP contribution in [-0.2, 0) is 17.8 Å². The van der Waals surface area contributed by atoms with Crippen LogP contribution in [-0.4, -0.2) is 29.3 Å². The van der Waals surface area contributed by atoms with E-state index in [1.165, 1.54) is 11.6 Å². The minimum absolute atomic E-state index is 0.104. The Morgan fingerprint density at radius 2 is 1.84 bits per heavy atom. The lowest BCUT2D eigenvalue weighted by molar-refractivity contribution is -0.133. The van der Waals surface area contributed by atoms with Gasteiger partial charge in [-0.2, -0.15) is 0 Å². The smallest absolute Gasteiger partial charge is 0.253 e. The van der Waals surface area contributed by atoms with Crippen molar-refractivity contribution in [2.24, 2.45) is 0 Å². The number of nitrogens with one attached hydrogen (secondary N) is 1. The van der Waals surface area contributed by atoms with Gasteiger partial charge in [-0.25, -0.2) is 0 Å². The van der Waals surface area contributed by atoms with E-state index >= 15 is 0 Å². The largest absolute Gasteiger partial charge is 0.340 e. The first-order valence-corrected chi connectivity index (χ1v) is 8.83. The third kappa shape index (κ3) is 3.97. The molecule has 0 aromatic heterocycles. The molecule has 2 aromatic rings. The van der Waals surface area contributed by atoms with E-state index in [-0.39, 0.29) is 16.8 Å². The fraction of sp³-hybridized carbons (Fsp3) is 0.263. The van der Waals surface area contributed by atoms with Crippen LogP contribution in [0.2, 0.25) is 10.0 Å². The van der Waals surface area contributed by atoms with Gasteiger partial charge >= 0.3 is 0 Å². The van der Waals surface area contributed by atoms with Gasteiger partial charge in [-0.05, 0) is 42.7 Å². The molecule has 1 aliphatic rings. The van der Waals surface area contributed by atoms with E-state index in [4.69, 9.17) is 23.2 Å². The Hall–Kier alpha value is -2.04. The lowest BCUT2D eigenvalue weighted by Gasteiger charge is -2.31. The highest BCUT2D eigenvalue weighted by Gasteiger charge is 2.26. The SMILES string of the molecule is C[C@@H](NC(=O)c1ccc(Cl)cc1Cl)C(=O)N1CCc2ccccc2C1. The summed E-state index contributed by atoms with van der Waals surface area (Å²) in [5.74, 6) is -0.493. The quantitative estimate of drug-likeness (QED) is 0.887. The lowest BCUT2D eigenvalue weighted by atomic mass is 9.99. The van der Waals surface area contributed by atoms with Crippen LogP contribution in [0.25, 0.3) is 0 Å². The van der Waals surface area contributed by atoms with Crippen molar-refractivity contribution in [1.29, 1.82) is 0 Å². The summed E-state index contributed by atoms with van der Waals surface area (Å²) in [6.07, 6.45) is 0.825. The Labute approximate surface area is 156 Å². The van der Waals surface area contributed by atoms with Gasteiger partial charge in [-0.15, -0.1) is 0 Å². The fourth-order valence-corrected chi connectivity index (χ4v) is 3.46. The van der Waals surface area contributed by atoms with E-state index in [0.717, 1.165) is 12.0 Å². The topological polar surface area (TPSA) is 49.4 Å². The molecule has 0 radical (unpaired) electrons. The van der Waals surface area contributed by atoms with Gasteiger partial charge in [0.25, 0.3) is 5.91 Å². The number of amides is 2. The van der Waals surface area contributed by atoms with Crippen LogP contribution in [0, 0.1) is 0 Å². The normalized spacial score (nSPS) is 14.6. The number of hydrogen-bond acceptors (Lipinski definition) is 2. The first-order chi connectivity index (χ1) is 12.0. The minimum Gasteiger partial charge on any atom is -0.340 e. The highest BCUT2D eigenvalue weighted by atomic mass is 35.5. The van der Waals surface area contributed by atoms with E-state index in [0.29, 0.717) is 23.7 Å². The van der Waals surface area contributed by atoms with Crippen LogP contribution >= 0.6 is 23.2 Å². The molecule has 0 unspecified atom stereocenters. The molecule has 1 atom stereocenters. The van der Waals surface area contributed by atoms with Crippen LogP contribution < -0.4 is 5.32 Å². The van der Waals surface area contributed by atoms with Crippen LogP contribution in [0.15, 0.2) is 42.5 Å². The molecular weight excluding hydrogens is 359 g/mol. The van der Waals surface area contributed by atoms with Gasteiger partial charge in [0.1, 0.15) is 6.04 Å². The third-order valence-corrected chi connectivity index (χ3v) is 4.88. The molecule has 0 bridgehead atoms. The van der Waals surface area contributed by atoms with E-state index in [2.05, 4.69) is 11.4 Å². The predicted octanol–water partition coefficient (Wildman–Crippen LogP) is 3.70. The molecule has 2 aromatic carbocycles. The Morgan fingerprint density at radius 3 is 2.56 bits per heavy atom. The summed E-state index contributed by atoms with van der Waals surface area (Å²) < 4.78 is 0. The van der Waals surface area contributed by atoms with Crippen LogP contribution in [0.4, 0.5) is 0 Å². The molecule has 130 valence electrons. The number of carbonyl (C=O) groups is 2. The van der Waals surface area contributed by atoms with E-state index in [1.807, 2.05) is 18.2 Å². The van der Waals surface area contributed by atoms with Gasteiger partial charge < -0.3 is 10.2 Å². The van der Waals surface area contributed by atoms with Crippen molar-refractivity contribution in [1.82, 2.24) is 10.2 Å². The van der Waals surface area contributed by atoms with Gasteiger partial charge in [0, 0.05) is 18.1 Å². The summed E-state index contributed by atoms with van der Waals surface area (Å²) in [4.78, 5) is 26.8. The Balaban J connectivity index is 1.66.